The number of hydrogen-bond acceptors (Lipinski definition) is 6. The van der Waals surface area contributed by atoms with Gasteiger partial charge in [0.2, 0.25) is 0 Å². The van der Waals surface area contributed by atoms with Crippen molar-refractivity contribution in [3.8, 4) is 0 Å². The minimum absolute atomic E-state index is 0.271. The highest BCUT2D eigenvalue weighted by Gasteiger charge is 2.24. The smallest absolute Gasteiger partial charge is 0.332 e. The van der Waals surface area contributed by atoms with E-state index in [2.05, 4.69) is 9.88 Å². The van der Waals surface area contributed by atoms with Gasteiger partial charge in [0, 0.05) is 27.2 Å². The third-order valence-electron chi connectivity index (χ3n) is 6.37. The Morgan fingerprint density at radius 2 is 1.56 bits per heavy atom. The number of nitrogens with zero attached hydrogens (tertiary/aromatic N) is 5. The third kappa shape index (κ3) is 5.31. The summed E-state index contributed by atoms with van der Waals surface area (Å²) in [6, 6.07) is 19.3. The predicted octanol–water partition coefficient (Wildman–Crippen LogP) is 2.13. The number of benzene rings is 2. The lowest BCUT2D eigenvalue weighted by molar-refractivity contribution is -0.144. The Kier molecular flexibility index (Phi) is 7.80. The second-order valence-corrected chi connectivity index (χ2v) is 8.89. The zero-order chi connectivity index (χ0) is 25.7. The fraction of sp³-hybridized carbons (Fsp3) is 0.333. The molecule has 4 aromatic rings. The van der Waals surface area contributed by atoms with Crippen LogP contribution in [-0.2, 0) is 30.2 Å². The number of fused-ring (bicyclic) bond motifs is 1. The fourth-order valence-corrected chi connectivity index (χ4v) is 4.33. The Hall–Kier alpha value is -3.98. The van der Waals surface area contributed by atoms with Crippen molar-refractivity contribution >= 4 is 17.1 Å². The lowest BCUT2D eigenvalue weighted by Gasteiger charge is -2.20. The maximum Gasteiger partial charge on any atom is 0.332 e. The number of aromatic nitrogens is 4. The Morgan fingerprint density at radius 3 is 2.17 bits per heavy atom. The van der Waals surface area contributed by atoms with Crippen molar-refractivity contribution in [2.24, 2.45) is 14.1 Å². The van der Waals surface area contributed by atoms with Gasteiger partial charge >= 0.3 is 11.7 Å². The summed E-state index contributed by atoms with van der Waals surface area (Å²) < 4.78 is 9.94. The Labute approximate surface area is 209 Å². The van der Waals surface area contributed by atoms with Gasteiger partial charge in [0.25, 0.3) is 5.56 Å². The molecule has 0 aliphatic rings. The Bertz CT molecular complexity index is 1400. The highest BCUT2D eigenvalue weighted by Crippen LogP contribution is 2.25. The number of carbonyl (C=O) groups excluding carboxylic acids is 1. The van der Waals surface area contributed by atoms with Crippen molar-refractivity contribution in [3.63, 3.8) is 0 Å². The summed E-state index contributed by atoms with van der Waals surface area (Å²) in [5, 5.41) is 0. The molecule has 0 saturated carbocycles. The second-order valence-electron chi connectivity index (χ2n) is 8.89. The molecule has 0 radical (unpaired) electrons. The normalized spacial score (nSPS) is 11.5. The molecule has 0 aliphatic heterocycles. The van der Waals surface area contributed by atoms with Crippen LogP contribution >= 0.6 is 0 Å². The van der Waals surface area contributed by atoms with Crippen LogP contribution in [0.1, 0.15) is 23.5 Å². The summed E-state index contributed by atoms with van der Waals surface area (Å²) in [6.07, 6.45) is 2.36. The Balaban J connectivity index is 1.31. The molecule has 0 amide bonds. The van der Waals surface area contributed by atoms with Crippen LogP contribution in [0, 0.1) is 0 Å². The number of rotatable bonds is 10. The second kappa shape index (κ2) is 11.2. The first-order valence-electron chi connectivity index (χ1n) is 11.9. The number of hydrogen-bond donors (Lipinski definition) is 0. The van der Waals surface area contributed by atoms with E-state index in [4.69, 9.17) is 4.74 Å². The minimum atomic E-state index is -0.467. The Morgan fingerprint density at radius 1 is 0.944 bits per heavy atom. The van der Waals surface area contributed by atoms with E-state index >= 15 is 0 Å². The lowest BCUT2D eigenvalue weighted by Crippen LogP contribution is -2.37. The van der Waals surface area contributed by atoms with E-state index in [1.165, 1.54) is 11.6 Å². The average molecular weight is 490 g/mol. The van der Waals surface area contributed by atoms with Gasteiger partial charge in [0.05, 0.1) is 6.33 Å². The predicted molar refractivity (Wildman–Crippen MR) is 138 cm³/mol. The first-order valence-corrected chi connectivity index (χ1v) is 11.9. The van der Waals surface area contributed by atoms with Crippen LogP contribution in [0.2, 0.25) is 0 Å². The largest absolute Gasteiger partial charge is 0.464 e. The van der Waals surface area contributed by atoms with Crippen molar-refractivity contribution in [1.82, 2.24) is 23.6 Å². The molecule has 0 bridgehead atoms. The van der Waals surface area contributed by atoms with Crippen molar-refractivity contribution in [2.45, 2.75) is 18.9 Å². The van der Waals surface area contributed by atoms with Crippen LogP contribution < -0.4 is 11.2 Å². The van der Waals surface area contributed by atoms with E-state index in [0.717, 1.165) is 28.7 Å². The topological polar surface area (TPSA) is 91.4 Å². The summed E-state index contributed by atoms with van der Waals surface area (Å²) in [6.45, 7) is 2.19. The van der Waals surface area contributed by atoms with Crippen molar-refractivity contribution in [1.29, 1.82) is 0 Å². The molecule has 2 aromatic carbocycles. The van der Waals surface area contributed by atoms with E-state index in [1.54, 1.807) is 17.9 Å². The third-order valence-corrected chi connectivity index (χ3v) is 6.37. The zero-order valence-electron chi connectivity index (χ0n) is 20.8. The number of imidazole rings is 1. The standard InChI is InChI=1S/C27H31N5O4/c1-29(15-10-16-32-19-28-24-23(32)25(33)31(3)27(35)30(24)2)17-18-36-26(34)22(20-11-6-4-7-12-20)21-13-8-5-9-14-21/h4-9,11-14,19,22H,10,15-18H2,1-3H3. The van der Waals surface area contributed by atoms with E-state index in [-0.39, 0.29) is 18.1 Å². The molecule has 0 aliphatic carbocycles. The minimum Gasteiger partial charge on any atom is -0.464 e. The van der Waals surface area contributed by atoms with Crippen LogP contribution in [0.3, 0.4) is 0 Å². The summed E-state index contributed by atoms with van der Waals surface area (Å²) >= 11 is 0. The van der Waals surface area contributed by atoms with Crippen LogP contribution in [0.5, 0.6) is 0 Å². The van der Waals surface area contributed by atoms with E-state index in [0.29, 0.717) is 24.3 Å². The van der Waals surface area contributed by atoms with Gasteiger partial charge < -0.3 is 14.2 Å². The van der Waals surface area contributed by atoms with Gasteiger partial charge in [-0.05, 0) is 31.1 Å². The molecule has 9 nitrogen and oxygen atoms in total. The molecule has 4 rings (SSSR count). The molecule has 188 valence electrons. The SMILES string of the molecule is CN(CCCn1cnc2c1c(=O)n(C)c(=O)n2C)CCOC(=O)C(c1ccccc1)c1ccccc1. The van der Waals surface area contributed by atoms with Gasteiger partial charge in [-0.3, -0.25) is 18.7 Å². The molecule has 0 saturated heterocycles. The van der Waals surface area contributed by atoms with Crippen LogP contribution in [0.4, 0.5) is 0 Å². The van der Waals surface area contributed by atoms with Crippen molar-refractivity contribution in [3.05, 3.63) is 99.0 Å². The molecular formula is C27H31N5O4. The maximum absolute atomic E-state index is 13.0. The van der Waals surface area contributed by atoms with Gasteiger partial charge in [-0.2, -0.15) is 0 Å². The molecule has 0 spiro atoms. The average Bonchev–Trinajstić information content (AvgIpc) is 3.32. The summed E-state index contributed by atoms with van der Waals surface area (Å²) in [5.41, 5.74) is 1.86. The molecule has 9 heteroatoms. The van der Waals surface area contributed by atoms with Crippen molar-refractivity contribution < 1.29 is 9.53 Å². The van der Waals surface area contributed by atoms with E-state index < -0.39 is 11.6 Å². The first-order chi connectivity index (χ1) is 17.4. The van der Waals surface area contributed by atoms with Gasteiger partial charge in [-0.25, -0.2) is 9.78 Å². The van der Waals surface area contributed by atoms with Gasteiger partial charge in [-0.1, -0.05) is 60.7 Å². The highest BCUT2D eigenvalue weighted by molar-refractivity contribution is 5.82. The molecule has 0 N–H and O–H groups in total. The van der Waals surface area contributed by atoms with Gasteiger partial charge in [0.1, 0.15) is 12.5 Å². The number of ether oxygens (including phenoxy) is 1. The molecule has 2 heterocycles. The zero-order valence-corrected chi connectivity index (χ0v) is 20.8. The molecule has 2 aromatic heterocycles. The number of carbonyl (C=O) groups is 1. The molecule has 0 atom stereocenters. The molecule has 0 unspecified atom stereocenters. The quantitative estimate of drug-likeness (QED) is 0.317. The van der Waals surface area contributed by atoms with Gasteiger partial charge in [0.15, 0.2) is 11.2 Å². The number of aryl methyl sites for hydroxylation is 2. The maximum atomic E-state index is 13.0. The van der Waals surface area contributed by atoms with Crippen LogP contribution in [0.25, 0.3) is 11.2 Å². The number of likely N-dealkylation sites (N-methyl/N-ethyl adjacent to an activating group) is 1. The summed E-state index contributed by atoms with van der Waals surface area (Å²) in [7, 11) is 5.04. The molecule has 0 fully saturated rings. The van der Waals surface area contributed by atoms with E-state index in [1.807, 2.05) is 67.7 Å². The summed E-state index contributed by atoms with van der Waals surface area (Å²) in [5.74, 6) is -0.738. The van der Waals surface area contributed by atoms with E-state index in [9.17, 15) is 14.4 Å². The number of esters is 1. The molecule has 36 heavy (non-hydrogen) atoms. The first kappa shape index (κ1) is 25.1. The molecular weight excluding hydrogens is 458 g/mol. The highest BCUT2D eigenvalue weighted by atomic mass is 16.5. The van der Waals surface area contributed by atoms with Crippen LogP contribution in [0.15, 0.2) is 76.6 Å². The van der Waals surface area contributed by atoms with Gasteiger partial charge in [-0.15, -0.1) is 0 Å². The fourth-order valence-electron chi connectivity index (χ4n) is 4.33. The monoisotopic (exact) mass is 489 g/mol. The lowest BCUT2D eigenvalue weighted by atomic mass is 9.91. The summed E-state index contributed by atoms with van der Waals surface area (Å²) in [4.78, 5) is 44.0. The van der Waals surface area contributed by atoms with Crippen LogP contribution in [-0.4, -0.2) is 56.3 Å². The van der Waals surface area contributed by atoms with Crippen molar-refractivity contribution in [2.75, 3.05) is 26.7 Å².